The van der Waals surface area contributed by atoms with E-state index >= 15 is 0 Å². The molecule has 14 heavy (non-hydrogen) atoms. The fourth-order valence-electron chi connectivity index (χ4n) is 1.14. The zero-order chi connectivity index (χ0) is 11.2. The first-order valence-corrected chi connectivity index (χ1v) is 5.66. The highest BCUT2D eigenvalue weighted by atomic mass is 14.9. The smallest absolute Gasteiger partial charge is 0.00965 e. The van der Waals surface area contributed by atoms with Crippen molar-refractivity contribution in [1.29, 1.82) is 0 Å². The van der Waals surface area contributed by atoms with E-state index in [1.807, 2.05) is 0 Å². The molecule has 86 valence electrons. The Morgan fingerprint density at radius 2 is 1.43 bits per heavy atom. The van der Waals surface area contributed by atoms with Gasteiger partial charge in [0, 0.05) is 5.54 Å². The molecule has 0 saturated carbocycles. The van der Waals surface area contributed by atoms with Crippen LogP contribution in [0, 0.1) is 5.41 Å². The molecule has 0 aliphatic carbocycles. The largest absolute Gasteiger partial charge is 0.316 e. The Morgan fingerprint density at radius 1 is 0.857 bits per heavy atom. The van der Waals surface area contributed by atoms with E-state index in [4.69, 9.17) is 0 Å². The molecule has 0 aromatic heterocycles. The van der Waals surface area contributed by atoms with E-state index in [1.54, 1.807) is 0 Å². The molecule has 0 radical (unpaired) electrons. The van der Waals surface area contributed by atoms with Gasteiger partial charge in [0.1, 0.15) is 0 Å². The summed E-state index contributed by atoms with van der Waals surface area (Å²) in [7, 11) is 0. The van der Waals surface area contributed by atoms with Crippen molar-refractivity contribution in [2.75, 3.05) is 19.6 Å². The van der Waals surface area contributed by atoms with Gasteiger partial charge in [-0.3, -0.25) is 0 Å². The summed E-state index contributed by atoms with van der Waals surface area (Å²) in [6, 6.07) is 0. The molecule has 0 fully saturated rings. The average molecular weight is 200 g/mol. The fourth-order valence-corrected chi connectivity index (χ4v) is 1.14. The Balaban J connectivity index is 3.23. The summed E-state index contributed by atoms with van der Waals surface area (Å²) in [6.07, 6.45) is 1.20. The van der Waals surface area contributed by atoms with Gasteiger partial charge in [0.15, 0.2) is 0 Å². The SMILES string of the molecule is CC(C)(C)CNCCCNC(C)(C)C. The van der Waals surface area contributed by atoms with Crippen LogP contribution in [-0.4, -0.2) is 25.2 Å². The summed E-state index contributed by atoms with van der Waals surface area (Å²) in [4.78, 5) is 0. The molecule has 0 spiro atoms. The highest BCUT2D eigenvalue weighted by Gasteiger charge is 2.09. The predicted molar refractivity (Wildman–Crippen MR) is 64.7 cm³/mol. The van der Waals surface area contributed by atoms with Crippen LogP contribution in [0.5, 0.6) is 0 Å². The minimum atomic E-state index is 0.254. The van der Waals surface area contributed by atoms with Gasteiger partial charge < -0.3 is 10.6 Å². The molecule has 0 amide bonds. The number of hydrogen-bond acceptors (Lipinski definition) is 2. The lowest BCUT2D eigenvalue weighted by Gasteiger charge is -2.21. The van der Waals surface area contributed by atoms with Crippen LogP contribution < -0.4 is 10.6 Å². The molecule has 0 bridgehead atoms. The monoisotopic (exact) mass is 200 g/mol. The van der Waals surface area contributed by atoms with Crippen molar-refractivity contribution in [2.24, 2.45) is 5.41 Å². The maximum absolute atomic E-state index is 3.48. The lowest BCUT2D eigenvalue weighted by molar-refractivity contribution is 0.370. The van der Waals surface area contributed by atoms with Gasteiger partial charge in [0.25, 0.3) is 0 Å². The van der Waals surface area contributed by atoms with Crippen molar-refractivity contribution in [2.45, 2.75) is 53.5 Å². The van der Waals surface area contributed by atoms with Crippen molar-refractivity contribution >= 4 is 0 Å². The molecule has 0 heterocycles. The Kier molecular flexibility index (Phi) is 5.68. The summed E-state index contributed by atoms with van der Waals surface area (Å²) in [5.74, 6) is 0. The van der Waals surface area contributed by atoms with Crippen LogP contribution in [0.2, 0.25) is 0 Å². The summed E-state index contributed by atoms with van der Waals surface area (Å²) in [5.41, 5.74) is 0.654. The zero-order valence-electron chi connectivity index (χ0n) is 10.8. The average Bonchev–Trinajstić information content (AvgIpc) is 1.92. The quantitative estimate of drug-likeness (QED) is 0.666. The van der Waals surface area contributed by atoms with E-state index in [0.29, 0.717) is 5.41 Å². The summed E-state index contributed by atoms with van der Waals surface area (Å²) < 4.78 is 0. The first-order chi connectivity index (χ1) is 6.21. The zero-order valence-corrected chi connectivity index (χ0v) is 10.8. The van der Waals surface area contributed by atoms with Crippen molar-refractivity contribution in [3.05, 3.63) is 0 Å². The molecular formula is C12H28N2. The fraction of sp³-hybridized carbons (Fsp3) is 1.00. The number of nitrogens with one attached hydrogen (secondary N) is 2. The molecule has 2 N–H and O–H groups in total. The van der Waals surface area contributed by atoms with E-state index in [-0.39, 0.29) is 5.54 Å². The van der Waals surface area contributed by atoms with Crippen LogP contribution >= 0.6 is 0 Å². The highest BCUT2D eigenvalue weighted by Crippen LogP contribution is 2.09. The minimum absolute atomic E-state index is 0.254. The molecule has 0 aromatic rings. The Bertz CT molecular complexity index is 121. The first-order valence-electron chi connectivity index (χ1n) is 5.66. The predicted octanol–water partition coefficient (Wildman–Crippen LogP) is 2.40. The maximum Gasteiger partial charge on any atom is 0.00965 e. The molecular weight excluding hydrogens is 172 g/mol. The van der Waals surface area contributed by atoms with Crippen LogP contribution in [0.4, 0.5) is 0 Å². The molecule has 0 aliphatic heterocycles. The van der Waals surface area contributed by atoms with E-state index in [0.717, 1.165) is 19.6 Å². The number of hydrogen-bond donors (Lipinski definition) is 2. The van der Waals surface area contributed by atoms with E-state index in [1.165, 1.54) is 6.42 Å². The van der Waals surface area contributed by atoms with Gasteiger partial charge in [-0.05, 0) is 52.2 Å². The summed E-state index contributed by atoms with van der Waals surface area (Å²) in [6.45, 7) is 16.7. The minimum Gasteiger partial charge on any atom is -0.316 e. The van der Waals surface area contributed by atoms with Gasteiger partial charge in [-0.15, -0.1) is 0 Å². The van der Waals surface area contributed by atoms with Crippen LogP contribution in [0.3, 0.4) is 0 Å². The van der Waals surface area contributed by atoms with Gasteiger partial charge >= 0.3 is 0 Å². The van der Waals surface area contributed by atoms with E-state index in [2.05, 4.69) is 52.2 Å². The number of rotatable bonds is 5. The first kappa shape index (κ1) is 13.9. The lowest BCUT2D eigenvalue weighted by atomic mass is 9.97. The molecule has 0 unspecified atom stereocenters. The normalized spacial score (nSPS) is 13.3. The van der Waals surface area contributed by atoms with E-state index in [9.17, 15) is 0 Å². The second kappa shape index (κ2) is 5.72. The van der Waals surface area contributed by atoms with Gasteiger partial charge in [-0.25, -0.2) is 0 Å². The second-order valence-corrected chi connectivity index (χ2v) is 6.27. The van der Waals surface area contributed by atoms with Crippen molar-refractivity contribution in [3.8, 4) is 0 Å². The molecule has 0 aromatic carbocycles. The Hall–Kier alpha value is -0.0800. The second-order valence-electron chi connectivity index (χ2n) is 6.27. The van der Waals surface area contributed by atoms with Crippen LogP contribution in [0.15, 0.2) is 0 Å². The molecule has 2 nitrogen and oxygen atoms in total. The maximum atomic E-state index is 3.48. The van der Waals surface area contributed by atoms with Crippen LogP contribution in [0.25, 0.3) is 0 Å². The molecule has 0 saturated heterocycles. The van der Waals surface area contributed by atoms with Crippen molar-refractivity contribution in [1.82, 2.24) is 10.6 Å². The molecule has 0 atom stereocenters. The van der Waals surface area contributed by atoms with Gasteiger partial charge in [0.05, 0.1) is 0 Å². The topological polar surface area (TPSA) is 24.1 Å². The highest BCUT2D eigenvalue weighted by molar-refractivity contribution is 4.70. The summed E-state index contributed by atoms with van der Waals surface area (Å²) >= 11 is 0. The van der Waals surface area contributed by atoms with Crippen molar-refractivity contribution in [3.63, 3.8) is 0 Å². The molecule has 0 aliphatic rings. The van der Waals surface area contributed by atoms with Crippen LogP contribution in [0.1, 0.15) is 48.0 Å². The third kappa shape index (κ3) is 11.9. The molecule has 2 heteroatoms. The van der Waals surface area contributed by atoms with Gasteiger partial charge in [-0.2, -0.15) is 0 Å². The van der Waals surface area contributed by atoms with Crippen molar-refractivity contribution < 1.29 is 0 Å². The third-order valence-electron chi connectivity index (χ3n) is 1.84. The van der Waals surface area contributed by atoms with Crippen LogP contribution in [-0.2, 0) is 0 Å². The third-order valence-corrected chi connectivity index (χ3v) is 1.84. The van der Waals surface area contributed by atoms with Gasteiger partial charge in [0.2, 0.25) is 0 Å². The Labute approximate surface area is 89.9 Å². The standard InChI is InChI=1S/C12H28N2/c1-11(2,3)10-13-8-7-9-14-12(4,5)6/h13-14H,7-10H2,1-6H3. The molecule has 0 rings (SSSR count). The summed E-state index contributed by atoms with van der Waals surface area (Å²) in [5, 5.41) is 6.95. The van der Waals surface area contributed by atoms with E-state index < -0.39 is 0 Å². The lowest BCUT2D eigenvalue weighted by Crippen LogP contribution is -2.38. The Morgan fingerprint density at radius 3 is 1.86 bits per heavy atom. The van der Waals surface area contributed by atoms with Gasteiger partial charge in [-0.1, -0.05) is 20.8 Å².